The van der Waals surface area contributed by atoms with Crippen LogP contribution in [0.4, 0.5) is 5.69 Å². The lowest BCUT2D eigenvalue weighted by atomic mass is 10.0. The van der Waals surface area contributed by atoms with E-state index in [0.717, 1.165) is 0 Å². The standard InChI is InChI=1S/C10H9NO5/c1-15-10-3-6-2-7(12)5-16-9(6)4-8(10)11(13)14/h3-4H,2,5H2,1H3. The first kappa shape index (κ1) is 10.4. The second-order valence-corrected chi connectivity index (χ2v) is 3.39. The molecule has 0 radical (unpaired) electrons. The first-order valence-electron chi connectivity index (χ1n) is 4.61. The van der Waals surface area contributed by atoms with Crippen LogP contribution in [0.5, 0.6) is 11.5 Å². The highest BCUT2D eigenvalue weighted by Crippen LogP contribution is 2.36. The fourth-order valence-electron chi connectivity index (χ4n) is 1.59. The Morgan fingerprint density at radius 3 is 2.88 bits per heavy atom. The summed E-state index contributed by atoms with van der Waals surface area (Å²) < 4.78 is 10.0. The van der Waals surface area contributed by atoms with Gasteiger partial charge in [-0.3, -0.25) is 14.9 Å². The maximum atomic E-state index is 11.1. The van der Waals surface area contributed by atoms with E-state index in [2.05, 4.69) is 0 Å². The number of methoxy groups -OCH3 is 1. The quantitative estimate of drug-likeness (QED) is 0.554. The maximum absolute atomic E-state index is 11.1. The van der Waals surface area contributed by atoms with E-state index in [9.17, 15) is 14.9 Å². The number of nitrogens with zero attached hydrogens (tertiary/aromatic N) is 1. The summed E-state index contributed by atoms with van der Waals surface area (Å²) in [6.07, 6.45) is 0.226. The largest absolute Gasteiger partial charge is 0.490 e. The molecule has 0 fully saturated rings. The van der Waals surface area contributed by atoms with Crippen molar-refractivity contribution in [3.8, 4) is 11.5 Å². The summed E-state index contributed by atoms with van der Waals surface area (Å²) in [7, 11) is 1.35. The molecule has 1 heterocycles. The van der Waals surface area contributed by atoms with E-state index < -0.39 is 4.92 Å². The van der Waals surface area contributed by atoms with E-state index in [4.69, 9.17) is 9.47 Å². The summed E-state index contributed by atoms with van der Waals surface area (Å²) in [6, 6.07) is 2.77. The van der Waals surface area contributed by atoms with Crippen molar-refractivity contribution in [3.05, 3.63) is 27.8 Å². The number of rotatable bonds is 2. The summed E-state index contributed by atoms with van der Waals surface area (Å²) in [4.78, 5) is 21.3. The zero-order valence-electron chi connectivity index (χ0n) is 8.56. The van der Waals surface area contributed by atoms with Crippen LogP contribution in [0.1, 0.15) is 5.56 Å². The van der Waals surface area contributed by atoms with Gasteiger partial charge in [0.15, 0.2) is 11.5 Å². The van der Waals surface area contributed by atoms with Crippen molar-refractivity contribution in [2.24, 2.45) is 0 Å². The molecule has 0 amide bonds. The molecule has 0 aliphatic carbocycles. The van der Waals surface area contributed by atoms with Crippen LogP contribution in [-0.4, -0.2) is 24.4 Å². The molecule has 0 aromatic heterocycles. The van der Waals surface area contributed by atoms with Gasteiger partial charge in [-0.2, -0.15) is 0 Å². The molecule has 6 heteroatoms. The minimum atomic E-state index is -0.543. The number of fused-ring (bicyclic) bond motifs is 1. The third-order valence-electron chi connectivity index (χ3n) is 2.33. The molecule has 0 unspecified atom stereocenters. The van der Waals surface area contributed by atoms with Gasteiger partial charge in [0, 0.05) is 12.0 Å². The molecule has 1 aliphatic rings. The highest BCUT2D eigenvalue weighted by atomic mass is 16.6. The lowest BCUT2D eigenvalue weighted by molar-refractivity contribution is -0.385. The second-order valence-electron chi connectivity index (χ2n) is 3.39. The molecule has 6 nitrogen and oxygen atoms in total. The predicted octanol–water partition coefficient (Wildman–Crippen LogP) is 1.11. The van der Waals surface area contributed by atoms with Gasteiger partial charge < -0.3 is 9.47 Å². The van der Waals surface area contributed by atoms with Crippen LogP contribution >= 0.6 is 0 Å². The summed E-state index contributed by atoms with van der Waals surface area (Å²) >= 11 is 0. The third-order valence-corrected chi connectivity index (χ3v) is 2.33. The molecule has 16 heavy (non-hydrogen) atoms. The Morgan fingerprint density at radius 1 is 1.50 bits per heavy atom. The number of nitro benzene ring substituents is 1. The summed E-state index contributed by atoms with van der Waals surface area (Å²) in [6.45, 7) is -0.0313. The van der Waals surface area contributed by atoms with Crippen molar-refractivity contribution < 1.29 is 19.2 Å². The molecule has 0 saturated carbocycles. The highest BCUT2D eigenvalue weighted by molar-refractivity contribution is 5.85. The molecular weight excluding hydrogens is 214 g/mol. The number of nitro groups is 1. The molecule has 1 aliphatic heterocycles. The Kier molecular flexibility index (Phi) is 2.47. The van der Waals surface area contributed by atoms with Gasteiger partial charge in [0.25, 0.3) is 0 Å². The van der Waals surface area contributed by atoms with Crippen LogP contribution in [0, 0.1) is 10.1 Å². The average Bonchev–Trinajstić information content (AvgIpc) is 2.26. The molecule has 1 aromatic rings. The number of ketones is 1. The van der Waals surface area contributed by atoms with E-state index in [-0.39, 0.29) is 30.2 Å². The molecule has 1 aromatic carbocycles. The van der Waals surface area contributed by atoms with Crippen LogP contribution in [0.3, 0.4) is 0 Å². The normalized spacial score (nSPS) is 13.9. The van der Waals surface area contributed by atoms with Crippen molar-refractivity contribution >= 4 is 11.5 Å². The minimum Gasteiger partial charge on any atom is -0.490 e. The van der Waals surface area contributed by atoms with E-state index in [1.807, 2.05) is 0 Å². The first-order chi connectivity index (χ1) is 7.61. The van der Waals surface area contributed by atoms with Gasteiger partial charge in [0.1, 0.15) is 12.4 Å². The SMILES string of the molecule is COc1cc2c(cc1[N+](=O)[O-])OCC(=O)C2. The van der Waals surface area contributed by atoms with Gasteiger partial charge in [0.2, 0.25) is 0 Å². The van der Waals surface area contributed by atoms with Crippen molar-refractivity contribution in [1.29, 1.82) is 0 Å². The van der Waals surface area contributed by atoms with Crippen LogP contribution in [0.25, 0.3) is 0 Å². The number of ether oxygens (including phenoxy) is 2. The van der Waals surface area contributed by atoms with Crippen LogP contribution in [-0.2, 0) is 11.2 Å². The molecule has 2 rings (SSSR count). The van der Waals surface area contributed by atoms with Gasteiger partial charge in [0.05, 0.1) is 18.1 Å². The topological polar surface area (TPSA) is 78.7 Å². The predicted molar refractivity (Wildman–Crippen MR) is 53.9 cm³/mol. The van der Waals surface area contributed by atoms with Gasteiger partial charge in [-0.25, -0.2) is 0 Å². The Balaban J connectivity index is 2.52. The zero-order chi connectivity index (χ0) is 11.7. The van der Waals surface area contributed by atoms with Crippen molar-refractivity contribution in [3.63, 3.8) is 0 Å². The third kappa shape index (κ3) is 1.69. The van der Waals surface area contributed by atoms with Gasteiger partial charge in [-0.15, -0.1) is 0 Å². The van der Waals surface area contributed by atoms with E-state index >= 15 is 0 Å². The minimum absolute atomic E-state index is 0.0313. The molecule has 0 N–H and O–H groups in total. The smallest absolute Gasteiger partial charge is 0.314 e. The lowest BCUT2D eigenvalue weighted by Crippen LogP contribution is -2.20. The van der Waals surface area contributed by atoms with E-state index in [1.54, 1.807) is 0 Å². The van der Waals surface area contributed by atoms with Crippen LogP contribution in [0.2, 0.25) is 0 Å². The maximum Gasteiger partial charge on any atom is 0.314 e. The highest BCUT2D eigenvalue weighted by Gasteiger charge is 2.24. The van der Waals surface area contributed by atoms with E-state index in [0.29, 0.717) is 11.3 Å². The number of carbonyl (C=O) groups is 1. The number of hydrogen-bond acceptors (Lipinski definition) is 5. The average molecular weight is 223 g/mol. The molecule has 0 spiro atoms. The van der Waals surface area contributed by atoms with Crippen LogP contribution in [0.15, 0.2) is 12.1 Å². The number of hydrogen-bond donors (Lipinski definition) is 0. The number of Topliss-reactive ketones (excluding diaryl/α,β-unsaturated/α-hetero) is 1. The second kappa shape index (κ2) is 3.80. The fraction of sp³-hybridized carbons (Fsp3) is 0.300. The summed E-state index contributed by atoms with van der Waals surface area (Å²) in [5, 5.41) is 10.7. The number of carbonyl (C=O) groups excluding carboxylic acids is 1. The fourth-order valence-corrected chi connectivity index (χ4v) is 1.59. The Hall–Kier alpha value is -2.11. The molecule has 0 saturated heterocycles. The first-order valence-corrected chi connectivity index (χ1v) is 4.61. The van der Waals surface area contributed by atoms with E-state index in [1.165, 1.54) is 19.2 Å². The molecular formula is C10H9NO5. The molecule has 0 atom stereocenters. The summed E-state index contributed by atoms with van der Waals surface area (Å²) in [5.41, 5.74) is 0.467. The molecule has 0 bridgehead atoms. The van der Waals surface area contributed by atoms with Gasteiger partial charge >= 0.3 is 5.69 Å². The van der Waals surface area contributed by atoms with Gasteiger partial charge in [-0.05, 0) is 6.07 Å². The molecule has 84 valence electrons. The van der Waals surface area contributed by atoms with Gasteiger partial charge in [-0.1, -0.05) is 0 Å². The Labute approximate surface area is 90.9 Å². The zero-order valence-corrected chi connectivity index (χ0v) is 8.56. The Bertz CT molecular complexity index is 469. The Morgan fingerprint density at radius 2 is 2.25 bits per heavy atom. The summed E-state index contributed by atoms with van der Waals surface area (Å²) in [5.74, 6) is 0.470. The number of benzene rings is 1. The van der Waals surface area contributed by atoms with Crippen molar-refractivity contribution in [2.75, 3.05) is 13.7 Å². The van der Waals surface area contributed by atoms with Crippen molar-refractivity contribution in [2.45, 2.75) is 6.42 Å². The van der Waals surface area contributed by atoms with Crippen molar-refractivity contribution in [1.82, 2.24) is 0 Å². The van der Waals surface area contributed by atoms with Crippen LogP contribution < -0.4 is 9.47 Å². The lowest BCUT2D eigenvalue weighted by Gasteiger charge is -2.16. The monoisotopic (exact) mass is 223 g/mol.